The molecule has 0 atom stereocenters. The standard InChI is InChI=1S/C16H25NO3/c1-11(2)8-9-17-13(16(3,4)5)7-6-12(15(17)20)10-14(18)19/h6-7,11H,8-10H2,1-5H3,(H,18,19). The summed E-state index contributed by atoms with van der Waals surface area (Å²) < 4.78 is 1.75. The molecule has 1 heterocycles. The van der Waals surface area contributed by atoms with Gasteiger partial charge < -0.3 is 9.67 Å². The molecular formula is C16H25NO3. The van der Waals surface area contributed by atoms with Crippen LogP contribution in [0, 0.1) is 5.92 Å². The maximum atomic E-state index is 12.5. The summed E-state index contributed by atoms with van der Waals surface area (Å²) >= 11 is 0. The second-order valence-corrected chi connectivity index (χ2v) is 6.70. The molecule has 1 aromatic rings. The average Bonchev–Trinajstić information content (AvgIpc) is 2.27. The molecule has 0 saturated heterocycles. The first kappa shape index (κ1) is 16.5. The highest BCUT2D eigenvalue weighted by molar-refractivity contribution is 5.70. The van der Waals surface area contributed by atoms with E-state index in [0.29, 0.717) is 18.0 Å². The van der Waals surface area contributed by atoms with E-state index >= 15 is 0 Å². The SMILES string of the molecule is CC(C)CCn1c(C(C)(C)C)ccc(CC(=O)O)c1=O. The van der Waals surface area contributed by atoms with Gasteiger partial charge in [0.1, 0.15) is 0 Å². The van der Waals surface area contributed by atoms with Gasteiger partial charge in [-0.3, -0.25) is 9.59 Å². The second kappa shape index (κ2) is 6.25. The molecule has 0 amide bonds. The normalized spacial score (nSPS) is 11.9. The van der Waals surface area contributed by atoms with E-state index in [1.54, 1.807) is 10.6 Å². The van der Waals surface area contributed by atoms with Crippen molar-refractivity contribution in [3.8, 4) is 0 Å². The second-order valence-electron chi connectivity index (χ2n) is 6.70. The van der Waals surface area contributed by atoms with Crippen LogP contribution >= 0.6 is 0 Å². The van der Waals surface area contributed by atoms with Crippen molar-refractivity contribution < 1.29 is 9.90 Å². The summed E-state index contributed by atoms with van der Waals surface area (Å²) in [7, 11) is 0. The lowest BCUT2D eigenvalue weighted by molar-refractivity contribution is -0.136. The van der Waals surface area contributed by atoms with E-state index in [-0.39, 0.29) is 17.4 Å². The van der Waals surface area contributed by atoms with Crippen LogP contribution in [0.15, 0.2) is 16.9 Å². The van der Waals surface area contributed by atoms with Gasteiger partial charge in [0.2, 0.25) is 0 Å². The number of nitrogens with zero attached hydrogens (tertiary/aromatic N) is 1. The minimum atomic E-state index is -0.971. The molecule has 112 valence electrons. The van der Waals surface area contributed by atoms with Crippen LogP contribution in [-0.2, 0) is 23.2 Å². The summed E-state index contributed by atoms with van der Waals surface area (Å²) in [5.74, 6) is -0.473. The number of aromatic nitrogens is 1. The number of carbonyl (C=O) groups is 1. The van der Waals surface area contributed by atoms with Crippen molar-refractivity contribution >= 4 is 5.97 Å². The van der Waals surface area contributed by atoms with Crippen LogP contribution in [0.3, 0.4) is 0 Å². The predicted molar refractivity (Wildman–Crippen MR) is 80.2 cm³/mol. The Morgan fingerprint density at radius 2 is 1.90 bits per heavy atom. The Morgan fingerprint density at radius 1 is 1.30 bits per heavy atom. The van der Waals surface area contributed by atoms with Gasteiger partial charge in [-0.1, -0.05) is 40.7 Å². The summed E-state index contributed by atoms with van der Waals surface area (Å²) in [4.78, 5) is 23.3. The van der Waals surface area contributed by atoms with Crippen LogP contribution in [0.1, 0.15) is 52.3 Å². The van der Waals surface area contributed by atoms with Crippen LogP contribution < -0.4 is 5.56 Å². The number of aliphatic carboxylic acids is 1. The Hall–Kier alpha value is -1.58. The third-order valence-corrected chi connectivity index (χ3v) is 3.29. The molecule has 0 aliphatic carbocycles. The van der Waals surface area contributed by atoms with Gasteiger partial charge in [0.25, 0.3) is 5.56 Å². The van der Waals surface area contributed by atoms with E-state index in [9.17, 15) is 9.59 Å². The fourth-order valence-corrected chi connectivity index (χ4v) is 2.19. The first-order chi connectivity index (χ1) is 9.12. The Morgan fingerprint density at radius 3 is 2.35 bits per heavy atom. The lowest BCUT2D eigenvalue weighted by atomic mass is 9.90. The van der Waals surface area contributed by atoms with Crippen molar-refractivity contribution in [2.45, 2.75) is 59.4 Å². The quantitative estimate of drug-likeness (QED) is 0.901. The molecule has 0 fully saturated rings. The smallest absolute Gasteiger partial charge is 0.308 e. The van der Waals surface area contributed by atoms with Crippen molar-refractivity contribution in [2.24, 2.45) is 5.92 Å². The highest BCUT2D eigenvalue weighted by atomic mass is 16.4. The third kappa shape index (κ3) is 4.22. The Balaban J connectivity index is 3.30. The van der Waals surface area contributed by atoms with Crippen LogP contribution in [0.25, 0.3) is 0 Å². The van der Waals surface area contributed by atoms with E-state index in [1.807, 2.05) is 6.07 Å². The molecule has 0 saturated carbocycles. The molecule has 0 aromatic carbocycles. The fraction of sp³-hybridized carbons (Fsp3) is 0.625. The van der Waals surface area contributed by atoms with Crippen LogP contribution in [-0.4, -0.2) is 15.6 Å². The van der Waals surface area contributed by atoms with Crippen molar-refractivity contribution in [3.05, 3.63) is 33.7 Å². The lowest BCUT2D eigenvalue weighted by Gasteiger charge is -2.25. The van der Waals surface area contributed by atoms with Gasteiger partial charge in [-0.25, -0.2) is 0 Å². The van der Waals surface area contributed by atoms with Gasteiger partial charge in [-0.2, -0.15) is 0 Å². The van der Waals surface area contributed by atoms with Gasteiger partial charge in [0.15, 0.2) is 0 Å². The highest BCUT2D eigenvalue weighted by Gasteiger charge is 2.20. The summed E-state index contributed by atoms with van der Waals surface area (Å²) in [6.07, 6.45) is 0.685. The summed E-state index contributed by atoms with van der Waals surface area (Å²) in [5.41, 5.74) is 1.00. The number of pyridine rings is 1. The largest absolute Gasteiger partial charge is 0.481 e. The van der Waals surface area contributed by atoms with Crippen molar-refractivity contribution in [1.29, 1.82) is 0 Å². The minimum absolute atomic E-state index is 0.141. The van der Waals surface area contributed by atoms with Crippen molar-refractivity contribution in [3.63, 3.8) is 0 Å². The number of hydrogen-bond acceptors (Lipinski definition) is 2. The van der Waals surface area contributed by atoms with E-state index in [2.05, 4.69) is 34.6 Å². The summed E-state index contributed by atoms with van der Waals surface area (Å²) in [5, 5.41) is 8.88. The number of hydrogen-bond donors (Lipinski definition) is 1. The zero-order chi connectivity index (χ0) is 15.5. The molecule has 20 heavy (non-hydrogen) atoms. The topological polar surface area (TPSA) is 59.3 Å². The maximum absolute atomic E-state index is 12.5. The summed E-state index contributed by atoms with van der Waals surface area (Å²) in [6, 6.07) is 3.54. The molecule has 0 bridgehead atoms. The monoisotopic (exact) mass is 279 g/mol. The van der Waals surface area contributed by atoms with Gasteiger partial charge in [-0.05, 0) is 18.4 Å². The average molecular weight is 279 g/mol. The molecule has 0 unspecified atom stereocenters. The van der Waals surface area contributed by atoms with Crippen LogP contribution in [0.2, 0.25) is 0 Å². The molecule has 1 rings (SSSR count). The number of carboxylic acid groups (broad SMARTS) is 1. The number of carboxylic acids is 1. The minimum Gasteiger partial charge on any atom is -0.481 e. The maximum Gasteiger partial charge on any atom is 0.308 e. The van der Waals surface area contributed by atoms with Gasteiger partial charge in [0.05, 0.1) is 6.42 Å². The molecule has 0 radical (unpaired) electrons. The van der Waals surface area contributed by atoms with Gasteiger partial charge in [-0.15, -0.1) is 0 Å². The van der Waals surface area contributed by atoms with Gasteiger partial charge >= 0.3 is 5.97 Å². The number of rotatable bonds is 5. The third-order valence-electron chi connectivity index (χ3n) is 3.29. The van der Waals surface area contributed by atoms with E-state index < -0.39 is 5.97 Å². The molecular weight excluding hydrogens is 254 g/mol. The first-order valence-corrected chi connectivity index (χ1v) is 7.08. The predicted octanol–water partition coefficient (Wildman–Crippen LogP) is 2.82. The molecule has 0 spiro atoms. The Labute approximate surface area is 120 Å². The lowest BCUT2D eigenvalue weighted by Crippen LogP contribution is -2.32. The highest BCUT2D eigenvalue weighted by Crippen LogP contribution is 2.22. The van der Waals surface area contributed by atoms with Gasteiger partial charge in [0, 0.05) is 23.2 Å². The first-order valence-electron chi connectivity index (χ1n) is 7.08. The van der Waals surface area contributed by atoms with Crippen LogP contribution in [0.4, 0.5) is 0 Å². The fourth-order valence-electron chi connectivity index (χ4n) is 2.19. The summed E-state index contributed by atoms with van der Waals surface area (Å²) in [6.45, 7) is 11.0. The van der Waals surface area contributed by atoms with Crippen LogP contribution in [0.5, 0.6) is 0 Å². The molecule has 4 nitrogen and oxygen atoms in total. The molecule has 0 aliphatic heterocycles. The molecule has 0 aliphatic rings. The van der Waals surface area contributed by atoms with Crippen molar-refractivity contribution in [1.82, 2.24) is 4.57 Å². The Bertz CT molecular complexity index is 536. The zero-order valence-electron chi connectivity index (χ0n) is 13.1. The molecule has 4 heteroatoms. The Kier molecular flexibility index (Phi) is 5.15. The van der Waals surface area contributed by atoms with E-state index in [1.165, 1.54) is 0 Å². The zero-order valence-corrected chi connectivity index (χ0v) is 13.1. The van der Waals surface area contributed by atoms with E-state index in [4.69, 9.17) is 5.11 Å². The molecule has 1 aromatic heterocycles. The van der Waals surface area contributed by atoms with Crippen molar-refractivity contribution in [2.75, 3.05) is 0 Å². The van der Waals surface area contributed by atoms with E-state index in [0.717, 1.165) is 12.1 Å². The molecule has 1 N–H and O–H groups in total.